The first-order chi connectivity index (χ1) is 17.4. The summed E-state index contributed by atoms with van der Waals surface area (Å²) in [5.74, 6) is -1.16. The number of nitrogens with zero attached hydrogens (tertiary/aromatic N) is 2. The standard InChI is InChI=1S/C27H22N2O6S/c28-15-18-5-3-6-19(13-18)16-29-23-14-20(27(31)35-17-21-7-4-12-34-21)10-11-25(23)36(32,33)24-9-2-1-8-22(24)26(29)30/h1-3,5-6,8-11,13-14,21H,4,7,12,16-17H2. The van der Waals surface area contributed by atoms with E-state index in [1.807, 2.05) is 0 Å². The molecule has 1 fully saturated rings. The van der Waals surface area contributed by atoms with E-state index in [0.717, 1.165) is 12.8 Å². The van der Waals surface area contributed by atoms with Gasteiger partial charge in [0.05, 0.1) is 50.9 Å². The Hall–Kier alpha value is -4.00. The number of anilines is 1. The number of nitriles is 1. The summed E-state index contributed by atoms with van der Waals surface area (Å²) in [4.78, 5) is 27.6. The quantitative estimate of drug-likeness (QED) is 0.486. The second-order valence-corrected chi connectivity index (χ2v) is 10.5. The van der Waals surface area contributed by atoms with Crippen LogP contribution in [0.5, 0.6) is 0 Å². The third-order valence-corrected chi connectivity index (χ3v) is 8.11. The molecule has 1 amide bonds. The molecule has 0 aromatic heterocycles. The highest BCUT2D eigenvalue weighted by molar-refractivity contribution is 7.91. The number of ether oxygens (including phenoxy) is 2. The Morgan fingerprint density at radius 3 is 2.69 bits per heavy atom. The normalized spacial score (nSPS) is 18.0. The van der Waals surface area contributed by atoms with E-state index in [-0.39, 0.29) is 45.9 Å². The fourth-order valence-electron chi connectivity index (χ4n) is 4.44. The molecule has 1 saturated heterocycles. The van der Waals surface area contributed by atoms with Crippen LogP contribution in [-0.2, 0) is 25.9 Å². The molecule has 9 heteroatoms. The molecule has 5 rings (SSSR count). The van der Waals surface area contributed by atoms with Gasteiger partial charge in [-0.2, -0.15) is 5.26 Å². The monoisotopic (exact) mass is 502 g/mol. The number of benzene rings is 3. The van der Waals surface area contributed by atoms with E-state index < -0.39 is 21.7 Å². The lowest BCUT2D eigenvalue weighted by molar-refractivity contribution is 0.0161. The first-order valence-corrected chi connectivity index (χ1v) is 12.9. The first-order valence-electron chi connectivity index (χ1n) is 11.5. The predicted octanol–water partition coefficient (Wildman–Crippen LogP) is 3.89. The Labute approximate surface area is 208 Å². The SMILES string of the molecule is N#Cc1cccc(CN2C(=O)c3ccccc3S(=O)(=O)c3ccc(C(=O)OCC4CCCO4)cc32)c1. The first kappa shape index (κ1) is 23.7. The Bertz CT molecular complexity index is 1500. The second kappa shape index (κ2) is 9.57. The van der Waals surface area contributed by atoms with Gasteiger partial charge in [-0.05, 0) is 60.9 Å². The molecule has 2 aliphatic heterocycles. The van der Waals surface area contributed by atoms with E-state index in [2.05, 4.69) is 6.07 Å². The van der Waals surface area contributed by atoms with E-state index in [9.17, 15) is 23.3 Å². The summed E-state index contributed by atoms with van der Waals surface area (Å²) in [5.41, 5.74) is 1.28. The van der Waals surface area contributed by atoms with E-state index in [4.69, 9.17) is 9.47 Å². The highest BCUT2D eigenvalue weighted by atomic mass is 32.2. The number of esters is 1. The largest absolute Gasteiger partial charge is 0.459 e. The van der Waals surface area contributed by atoms with E-state index in [1.54, 1.807) is 36.4 Å². The molecule has 182 valence electrons. The average Bonchev–Trinajstić information content (AvgIpc) is 3.41. The Balaban J connectivity index is 1.59. The van der Waals surface area contributed by atoms with Crippen LogP contribution < -0.4 is 4.90 Å². The molecule has 1 atom stereocenters. The third kappa shape index (κ3) is 4.37. The van der Waals surface area contributed by atoms with Crippen LogP contribution in [0.1, 0.15) is 44.7 Å². The topological polar surface area (TPSA) is 114 Å². The zero-order chi connectivity index (χ0) is 25.3. The minimum atomic E-state index is -4.06. The van der Waals surface area contributed by atoms with Gasteiger partial charge in [-0.1, -0.05) is 24.3 Å². The molecule has 2 aliphatic rings. The van der Waals surface area contributed by atoms with Crippen molar-refractivity contribution in [3.8, 4) is 6.07 Å². The van der Waals surface area contributed by atoms with Crippen molar-refractivity contribution in [2.24, 2.45) is 0 Å². The molecule has 3 aromatic carbocycles. The molecule has 3 aromatic rings. The Morgan fingerprint density at radius 1 is 1.08 bits per heavy atom. The summed E-state index contributed by atoms with van der Waals surface area (Å²) in [6, 6.07) is 18.9. The Kier molecular flexibility index (Phi) is 6.31. The molecular formula is C27H22N2O6S. The number of fused-ring (bicyclic) bond motifs is 2. The van der Waals surface area contributed by atoms with Crippen LogP contribution in [-0.4, -0.2) is 39.6 Å². The number of hydrogen-bond acceptors (Lipinski definition) is 7. The van der Waals surface area contributed by atoms with Gasteiger partial charge in [-0.25, -0.2) is 13.2 Å². The Morgan fingerprint density at radius 2 is 1.92 bits per heavy atom. The van der Waals surface area contributed by atoms with Gasteiger partial charge in [0.1, 0.15) is 6.61 Å². The maximum absolute atomic E-state index is 13.7. The van der Waals surface area contributed by atoms with Crippen molar-refractivity contribution in [1.82, 2.24) is 0 Å². The summed E-state index contributed by atoms with van der Waals surface area (Å²) < 4.78 is 38.1. The minimum Gasteiger partial charge on any atom is -0.459 e. The van der Waals surface area contributed by atoms with Gasteiger partial charge in [-0.15, -0.1) is 0 Å². The molecule has 0 bridgehead atoms. The summed E-state index contributed by atoms with van der Waals surface area (Å²) in [6.45, 7) is 0.729. The molecular weight excluding hydrogens is 480 g/mol. The van der Waals surface area contributed by atoms with Crippen molar-refractivity contribution in [1.29, 1.82) is 5.26 Å². The molecule has 2 heterocycles. The number of carbonyl (C=O) groups excluding carboxylic acids is 2. The number of amides is 1. The van der Waals surface area contributed by atoms with Crippen molar-refractivity contribution in [3.63, 3.8) is 0 Å². The lowest BCUT2D eigenvalue weighted by atomic mass is 10.1. The molecule has 0 radical (unpaired) electrons. The molecule has 8 nitrogen and oxygen atoms in total. The molecule has 0 aliphatic carbocycles. The smallest absolute Gasteiger partial charge is 0.338 e. The van der Waals surface area contributed by atoms with Crippen LogP contribution >= 0.6 is 0 Å². The number of carbonyl (C=O) groups is 2. The minimum absolute atomic E-state index is 0.000374. The van der Waals surface area contributed by atoms with Crippen molar-refractivity contribution in [3.05, 3.63) is 89.0 Å². The number of rotatable bonds is 5. The van der Waals surface area contributed by atoms with E-state index in [1.165, 1.54) is 35.2 Å². The lowest BCUT2D eigenvalue weighted by Gasteiger charge is -2.23. The summed E-state index contributed by atoms with van der Waals surface area (Å²) in [5, 5.41) is 9.28. The van der Waals surface area contributed by atoms with Crippen molar-refractivity contribution < 1.29 is 27.5 Å². The van der Waals surface area contributed by atoms with Crippen LogP contribution in [0.2, 0.25) is 0 Å². The maximum Gasteiger partial charge on any atom is 0.338 e. The number of hydrogen-bond donors (Lipinski definition) is 0. The van der Waals surface area contributed by atoms with Gasteiger partial charge in [-0.3, -0.25) is 4.79 Å². The van der Waals surface area contributed by atoms with Crippen LogP contribution in [0.25, 0.3) is 0 Å². The van der Waals surface area contributed by atoms with Gasteiger partial charge in [0.25, 0.3) is 5.91 Å². The zero-order valence-electron chi connectivity index (χ0n) is 19.2. The van der Waals surface area contributed by atoms with Crippen molar-refractivity contribution in [2.45, 2.75) is 35.3 Å². The van der Waals surface area contributed by atoms with Gasteiger partial charge >= 0.3 is 5.97 Å². The van der Waals surface area contributed by atoms with Gasteiger partial charge in [0.2, 0.25) is 9.84 Å². The second-order valence-electron chi connectivity index (χ2n) is 8.62. The average molecular weight is 503 g/mol. The fourth-order valence-corrected chi connectivity index (χ4v) is 6.07. The molecule has 36 heavy (non-hydrogen) atoms. The summed E-state index contributed by atoms with van der Waals surface area (Å²) in [7, 11) is -4.06. The lowest BCUT2D eigenvalue weighted by Crippen LogP contribution is -2.30. The van der Waals surface area contributed by atoms with Crippen LogP contribution in [0, 0.1) is 11.3 Å². The zero-order valence-corrected chi connectivity index (χ0v) is 20.0. The molecule has 0 N–H and O–H groups in total. The summed E-state index contributed by atoms with van der Waals surface area (Å²) in [6.07, 6.45) is 1.55. The molecule has 0 saturated carbocycles. The maximum atomic E-state index is 13.7. The van der Waals surface area contributed by atoms with Crippen molar-refractivity contribution in [2.75, 3.05) is 18.1 Å². The van der Waals surface area contributed by atoms with Gasteiger partial charge < -0.3 is 14.4 Å². The summed E-state index contributed by atoms with van der Waals surface area (Å²) >= 11 is 0. The fraction of sp³-hybridized carbons (Fsp3) is 0.222. The van der Waals surface area contributed by atoms with Crippen LogP contribution in [0.3, 0.4) is 0 Å². The van der Waals surface area contributed by atoms with E-state index in [0.29, 0.717) is 17.7 Å². The van der Waals surface area contributed by atoms with Gasteiger partial charge in [0.15, 0.2) is 0 Å². The number of sulfone groups is 1. The highest BCUT2D eigenvalue weighted by Crippen LogP contribution is 2.38. The van der Waals surface area contributed by atoms with Crippen LogP contribution in [0.4, 0.5) is 5.69 Å². The molecule has 0 spiro atoms. The van der Waals surface area contributed by atoms with E-state index >= 15 is 0 Å². The molecule has 1 unspecified atom stereocenters. The predicted molar refractivity (Wildman–Crippen MR) is 129 cm³/mol. The van der Waals surface area contributed by atoms with Gasteiger partial charge in [0, 0.05) is 6.61 Å². The van der Waals surface area contributed by atoms with Crippen LogP contribution in [0.15, 0.2) is 76.5 Å². The highest BCUT2D eigenvalue weighted by Gasteiger charge is 2.36. The third-order valence-electron chi connectivity index (χ3n) is 6.25. The van der Waals surface area contributed by atoms with Crippen molar-refractivity contribution >= 4 is 27.4 Å².